The second kappa shape index (κ2) is 11.5. The average Bonchev–Trinajstić information content (AvgIpc) is 2.84. The first-order valence-corrected chi connectivity index (χ1v) is 12.1. The van der Waals surface area contributed by atoms with Crippen molar-refractivity contribution in [2.45, 2.75) is 6.54 Å². The van der Waals surface area contributed by atoms with Crippen LogP contribution in [0.25, 0.3) is 10.8 Å². The second-order valence-electron chi connectivity index (χ2n) is 8.86. The maximum absolute atomic E-state index is 12.8. The predicted molar refractivity (Wildman–Crippen MR) is 140 cm³/mol. The van der Waals surface area contributed by atoms with E-state index in [1.807, 2.05) is 4.90 Å². The van der Waals surface area contributed by atoms with Gasteiger partial charge in [-0.25, -0.2) is 0 Å². The van der Waals surface area contributed by atoms with E-state index < -0.39 is 0 Å². The van der Waals surface area contributed by atoms with Gasteiger partial charge in [-0.05, 0) is 41.6 Å². The summed E-state index contributed by atoms with van der Waals surface area (Å²) in [6.45, 7) is 4.16. The molecule has 1 aliphatic rings. The number of carbonyl (C=O) groups is 2. The molecule has 1 fully saturated rings. The summed E-state index contributed by atoms with van der Waals surface area (Å²) in [6, 6.07) is 19.9. The lowest BCUT2D eigenvalue weighted by molar-refractivity contribution is -0.134. The summed E-state index contributed by atoms with van der Waals surface area (Å²) in [5, 5.41) is 5.84. The molecule has 1 aliphatic heterocycles. The molecule has 0 aromatic heterocycles. The molecule has 1 saturated heterocycles. The molecule has 0 unspecified atom stereocenters. The first-order chi connectivity index (χ1) is 16.9. The lowest BCUT2D eigenvalue weighted by Gasteiger charge is -2.35. The van der Waals surface area contributed by atoms with Crippen molar-refractivity contribution in [3.8, 4) is 5.75 Å². The standard InChI is InChI=1S/C27H31ClN4O3/c1-30(18-26(33)29-24-16-22(28)10-11-25(24)35-2)19-27(34)32-14-12-31(13-15-32)17-21-8-5-7-20-6-3-4-9-23(20)21/h3-11,16H,12-15,17-19H2,1-2H3,(H,29,33). The molecule has 1 heterocycles. The third kappa shape index (κ3) is 6.51. The molecular weight excluding hydrogens is 464 g/mol. The Labute approximate surface area is 211 Å². The van der Waals surface area contributed by atoms with Crippen molar-refractivity contribution in [3.63, 3.8) is 0 Å². The van der Waals surface area contributed by atoms with Crippen LogP contribution in [0, 0.1) is 0 Å². The molecule has 0 radical (unpaired) electrons. The van der Waals surface area contributed by atoms with Crippen molar-refractivity contribution in [1.29, 1.82) is 0 Å². The van der Waals surface area contributed by atoms with Gasteiger partial charge in [-0.1, -0.05) is 54.1 Å². The second-order valence-corrected chi connectivity index (χ2v) is 9.30. The van der Waals surface area contributed by atoms with Gasteiger partial charge < -0.3 is 15.0 Å². The number of nitrogens with one attached hydrogen (secondary N) is 1. The Morgan fingerprint density at radius 1 is 1.00 bits per heavy atom. The fourth-order valence-electron chi connectivity index (χ4n) is 4.43. The van der Waals surface area contributed by atoms with Gasteiger partial charge in [-0.3, -0.25) is 19.4 Å². The monoisotopic (exact) mass is 494 g/mol. The van der Waals surface area contributed by atoms with Crippen LogP contribution in [0.3, 0.4) is 0 Å². The minimum absolute atomic E-state index is 0.0328. The number of benzene rings is 3. The highest BCUT2D eigenvalue weighted by Gasteiger charge is 2.23. The number of carbonyl (C=O) groups excluding carboxylic acids is 2. The van der Waals surface area contributed by atoms with Crippen molar-refractivity contribution < 1.29 is 14.3 Å². The smallest absolute Gasteiger partial charge is 0.238 e. The quantitative estimate of drug-likeness (QED) is 0.517. The number of hydrogen-bond acceptors (Lipinski definition) is 5. The van der Waals surface area contributed by atoms with Crippen LogP contribution in [0.2, 0.25) is 5.02 Å². The summed E-state index contributed by atoms with van der Waals surface area (Å²) in [4.78, 5) is 31.3. The molecule has 0 saturated carbocycles. The number of nitrogens with zero attached hydrogens (tertiary/aromatic N) is 3. The van der Waals surface area contributed by atoms with Gasteiger partial charge in [0.05, 0.1) is 25.9 Å². The summed E-state index contributed by atoms with van der Waals surface area (Å²) in [5.41, 5.74) is 1.82. The Bertz CT molecular complexity index is 1190. The van der Waals surface area contributed by atoms with Crippen molar-refractivity contribution in [1.82, 2.24) is 14.7 Å². The summed E-state index contributed by atoms with van der Waals surface area (Å²) >= 11 is 6.03. The maximum atomic E-state index is 12.8. The van der Waals surface area contributed by atoms with Gasteiger partial charge in [0.15, 0.2) is 0 Å². The van der Waals surface area contributed by atoms with Crippen LogP contribution in [-0.2, 0) is 16.1 Å². The number of piperazine rings is 1. The molecule has 0 spiro atoms. The molecule has 8 heteroatoms. The zero-order valence-corrected chi connectivity index (χ0v) is 20.9. The van der Waals surface area contributed by atoms with Gasteiger partial charge in [-0.15, -0.1) is 0 Å². The normalized spacial score (nSPS) is 14.3. The zero-order chi connectivity index (χ0) is 24.8. The highest BCUT2D eigenvalue weighted by atomic mass is 35.5. The van der Waals surface area contributed by atoms with Crippen molar-refractivity contribution in [2.24, 2.45) is 0 Å². The van der Waals surface area contributed by atoms with Crippen LogP contribution in [0.5, 0.6) is 5.75 Å². The van der Waals surface area contributed by atoms with E-state index in [1.165, 1.54) is 23.4 Å². The van der Waals surface area contributed by atoms with E-state index in [-0.39, 0.29) is 24.9 Å². The number of rotatable bonds is 8. The van der Waals surface area contributed by atoms with Gasteiger partial charge in [-0.2, -0.15) is 0 Å². The van der Waals surface area contributed by atoms with Gasteiger partial charge in [0.25, 0.3) is 0 Å². The molecular formula is C27H31ClN4O3. The Morgan fingerprint density at radius 2 is 1.74 bits per heavy atom. The topological polar surface area (TPSA) is 65.1 Å². The van der Waals surface area contributed by atoms with Gasteiger partial charge in [0.1, 0.15) is 5.75 Å². The van der Waals surface area contributed by atoms with Crippen LogP contribution in [0.15, 0.2) is 60.7 Å². The molecule has 0 atom stereocenters. The molecule has 0 bridgehead atoms. The van der Waals surface area contributed by atoms with E-state index in [4.69, 9.17) is 16.3 Å². The number of halogens is 1. The van der Waals surface area contributed by atoms with E-state index >= 15 is 0 Å². The largest absolute Gasteiger partial charge is 0.495 e. The van der Waals surface area contributed by atoms with Gasteiger partial charge >= 0.3 is 0 Å². The molecule has 184 valence electrons. The van der Waals surface area contributed by atoms with E-state index in [0.29, 0.717) is 29.5 Å². The van der Waals surface area contributed by atoms with E-state index in [0.717, 1.165) is 19.6 Å². The Kier molecular flexibility index (Phi) is 8.23. The molecule has 3 aromatic rings. The predicted octanol–water partition coefficient (Wildman–Crippen LogP) is 3.72. The number of hydrogen-bond donors (Lipinski definition) is 1. The van der Waals surface area contributed by atoms with E-state index in [1.54, 1.807) is 30.1 Å². The van der Waals surface area contributed by atoms with Crippen molar-refractivity contribution >= 4 is 39.9 Å². The number of methoxy groups -OCH3 is 1. The third-order valence-corrected chi connectivity index (χ3v) is 6.49. The number of likely N-dealkylation sites (N-methyl/N-ethyl adjacent to an activating group) is 1. The first-order valence-electron chi connectivity index (χ1n) is 11.7. The van der Waals surface area contributed by atoms with Crippen molar-refractivity contribution in [3.05, 3.63) is 71.2 Å². The lowest BCUT2D eigenvalue weighted by atomic mass is 10.0. The minimum Gasteiger partial charge on any atom is -0.495 e. The number of fused-ring (bicyclic) bond motifs is 1. The van der Waals surface area contributed by atoms with E-state index in [9.17, 15) is 9.59 Å². The van der Waals surface area contributed by atoms with Crippen LogP contribution in [-0.4, -0.2) is 79.9 Å². The molecule has 35 heavy (non-hydrogen) atoms. The van der Waals surface area contributed by atoms with Crippen LogP contribution in [0.4, 0.5) is 5.69 Å². The van der Waals surface area contributed by atoms with Crippen LogP contribution < -0.4 is 10.1 Å². The SMILES string of the molecule is COc1ccc(Cl)cc1NC(=O)CN(C)CC(=O)N1CCN(Cc2cccc3ccccc23)CC1. The molecule has 0 aliphatic carbocycles. The van der Waals surface area contributed by atoms with Crippen LogP contribution in [0.1, 0.15) is 5.56 Å². The molecule has 2 amide bonds. The summed E-state index contributed by atoms with van der Waals surface area (Å²) in [5.74, 6) is 0.328. The minimum atomic E-state index is -0.235. The van der Waals surface area contributed by atoms with Gasteiger partial charge in [0.2, 0.25) is 11.8 Å². The molecule has 1 N–H and O–H groups in total. The Balaban J connectivity index is 1.24. The maximum Gasteiger partial charge on any atom is 0.238 e. The summed E-state index contributed by atoms with van der Waals surface area (Å²) in [6.07, 6.45) is 0. The highest BCUT2D eigenvalue weighted by molar-refractivity contribution is 6.31. The molecule has 4 rings (SSSR count). The summed E-state index contributed by atoms with van der Waals surface area (Å²) in [7, 11) is 3.30. The Hall–Kier alpha value is -3.13. The Morgan fingerprint density at radius 3 is 2.51 bits per heavy atom. The fraction of sp³-hybridized carbons (Fsp3) is 0.333. The zero-order valence-electron chi connectivity index (χ0n) is 20.2. The van der Waals surface area contributed by atoms with Gasteiger partial charge in [0, 0.05) is 37.7 Å². The highest BCUT2D eigenvalue weighted by Crippen LogP contribution is 2.27. The molecule has 7 nitrogen and oxygen atoms in total. The van der Waals surface area contributed by atoms with E-state index in [2.05, 4.69) is 52.7 Å². The fourth-order valence-corrected chi connectivity index (χ4v) is 4.60. The number of anilines is 1. The summed E-state index contributed by atoms with van der Waals surface area (Å²) < 4.78 is 5.27. The van der Waals surface area contributed by atoms with Crippen LogP contribution >= 0.6 is 11.6 Å². The average molecular weight is 495 g/mol. The first kappa shape index (κ1) is 25.0. The number of ether oxygens (including phenoxy) is 1. The van der Waals surface area contributed by atoms with Crippen molar-refractivity contribution in [2.75, 3.05) is 58.7 Å². The third-order valence-electron chi connectivity index (χ3n) is 6.25. The number of amides is 2. The lowest BCUT2D eigenvalue weighted by Crippen LogP contribution is -2.51. The molecule has 3 aromatic carbocycles.